The Bertz CT molecular complexity index is 471. The smallest absolute Gasteiger partial charge is 0.232 e. The van der Waals surface area contributed by atoms with Gasteiger partial charge >= 0.3 is 0 Å². The van der Waals surface area contributed by atoms with Gasteiger partial charge in [0, 0.05) is 18.5 Å². The van der Waals surface area contributed by atoms with Crippen LogP contribution in [0.4, 0.5) is 0 Å². The highest BCUT2D eigenvalue weighted by Crippen LogP contribution is 2.22. The highest BCUT2D eigenvalue weighted by Gasteiger charge is 2.30. The Morgan fingerprint density at radius 3 is 2.58 bits per heavy atom. The SMILES string of the molecule is CC(C)(C)C1=NCCCN1C(=O)Cc1ccccc1. The second-order valence-corrected chi connectivity index (χ2v) is 6.02. The summed E-state index contributed by atoms with van der Waals surface area (Å²) in [4.78, 5) is 18.9. The van der Waals surface area contributed by atoms with Crippen molar-refractivity contribution < 1.29 is 4.79 Å². The Morgan fingerprint density at radius 2 is 1.95 bits per heavy atom. The second kappa shape index (κ2) is 5.55. The molecule has 1 heterocycles. The number of hydrogen-bond acceptors (Lipinski definition) is 2. The number of nitrogens with zero attached hydrogens (tertiary/aromatic N) is 2. The van der Waals surface area contributed by atoms with Crippen LogP contribution in [0.2, 0.25) is 0 Å². The minimum Gasteiger partial charge on any atom is -0.300 e. The van der Waals surface area contributed by atoms with Crippen molar-refractivity contribution in [2.24, 2.45) is 10.4 Å². The minimum absolute atomic E-state index is 0.0766. The molecule has 0 saturated heterocycles. The first-order valence-electron chi connectivity index (χ1n) is 6.88. The Balaban J connectivity index is 2.14. The van der Waals surface area contributed by atoms with Gasteiger partial charge in [-0.1, -0.05) is 51.1 Å². The normalized spacial score (nSPS) is 16.2. The first-order valence-corrected chi connectivity index (χ1v) is 6.88. The van der Waals surface area contributed by atoms with Gasteiger partial charge in [0.05, 0.1) is 6.42 Å². The summed E-state index contributed by atoms with van der Waals surface area (Å²) in [6, 6.07) is 9.90. The van der Waals surface area contributed by atoms with Crippen LogP contribution in [0.3, 0.4) is 0 Å². The number of aliphatic imine (C=N–C) groups is 1. The van der Waals surface area contributed by atoms with E-state index in [-0.39, 0.29) is 11.3 Å². The lowest BCUT2D eigenvalue weighted by Crippen LogP contribution is -2.47. The van der Waals surface area contributed by atoms with E-state index in [1.807, 2.05) is 35.2 Å². The minimum atomic E-state index is -0.0766. The Labute approximate surface area is 115 Å². The molecule has 0 saturated carbocycles. The summed E-state index contributed by atoms with van der Waals surface area (Å²) in [5.74, 6) is 1.08. The van der Waals surface area contributed by atoms with Crippen molar-refractivity contribution in [2.45, 2.75) is 33.6 Å². The topological polar surface area (TPSA) is 32.7 Å². The summed E-state index contributed by atoms with van der Waals surface area (Å²) in [5.41, 5.74) is 0.985. The van der Waals surface area contributed by atoms with Crippen molar-refractivity contribution in [1.82, 2.24) is 4.90 Å². The lowest BCUT2D eigenvalue weighted by molar-refractivity contribution is -0.127. The van der Waals surface area contributed by atoms with Crippen molar-refractivity contribution in [3.8, 4) is 0 Å². The molecule has 0 unspecified atom stereocenters. The fourth-order valence-electron chi connectivity index (χ4n) is 2.36. The number of benzene rings is 1. The van der Waals surface area contributed by atoms with Gasteiger partial charge in [0.2, 0.25) is 5.91 Å². The molecular formula is C16H22N2O. The average Bonchev–Trinajstić information content (AvgIpc) is 2.39. The standard InChI is InChI=1S/C16H22N2O/c1-16(2,3)15-17-10-7-11-18(15)14(19)12-13-8-5-4-6-9-13/h4-6,8-9H,7,10-12H2,1-3H3. The van der Waals surface area contributed by atoms with Crippen molar-refractivity contribution in [1.29, 1.82) is 0 Å². The molecule has 1 aromatic rings. The molecule has 0 fully saturated rings. The van der Waals surface area contributed by atoms with Gasteiger partial charge < -0.3 is 0 Å². The van der Waals surface area contributed by atoms with Crippen LogP contribution >= 0.6 is 0 Å². The molecule has 3 nitrogen and oxygen atoms in total. The molecule has 0 aromatic heterocycles. The van der Waals surface area contributed by atoms with Gasteiger partial charge in [0.1, 0.15) is 5.84 Å². The maximum Gasteiger partial charge on any atom is 0.232 e. The average molecular weight is 258 g/mol. The van der Waals surface area contributed by atoms with Crippen LogP contribution in [-0.4, -0.2) is 29.7 Å². The van der Waals surface area contributed by atoms with E-state index in [1.54, 1.807) is 0 Å². The fourth-order valence-corrected chi connectivity index (χ4v) is 2.36. The molecule has 0 aliphatic carbocycles. The summed E-state index contributed by atoms with van der Waals surface area (Å²) >= 11 is 0. The molecule has 1 aliphatic rings. The molecule has 0 atom stereocenters. The lowest BCUT2D eigenvalue weighted by atomic mass is 9.92. The van der Waals surface area contributed by atoms with Gasteiger partial charge in [-0.25, -0.2) is 0 Å². The van der Waals surface area contributed by atoms with Crippen LogP contribution in [0.5, 0.6) is 0 Å². The molecule has 0 bridgehead atoms. The maximum absolute atomic E-state index is 12.5. The van der Waals surface area contributed by atoms with Crippen molar-refractivity contribution in [3.05, 3.63) is 35.9 Å². The Morgan fingerprint density at radius 1 is 1.26 bits per heavy atom. The van der Waals surface area contributed by atoms with E-state index in [2.05, 4.69) is 25.8 Å². The highest BCUT2D eigenvalue weighted by molar-refractivity contribution is 6.01. The van der Waals surface area contributed by atoms with Gasteiger partial charge in [0.25, 0.3) is 0 Å². The van der Waals surface area contributed by atoms with Crippen molar-refractivity contribution >= 4 is 11.7 Å². The maximum atomic E-state index is 12.5. The number of amides is 1. The van der Waals surface area contributed by atoms with E-state index in [0.717, 1.165) is 30.9 Å². The number of amidine groups is 1. The molecule has 19 heavy (non-hydrogen) atoms. The number of carbonyl (C=O) groups is 1. The molecule has 3 heteroatoms. The summed E-state index contributed by atoms with van der Waals surface area (Å²) in [6.45, 7) is 7.96. The monoisotopic (exact) mass is 258 g/mol. The van der Waals surface area contributed by atoms with Gasteiger partial charge in [-0.05, 0) is 12.0 Å². The Kier molecular flexibility index (Phi) is 4.03. The predicted molar refractivity (Wildman–Crippen MR) is 78.2 cm³/mol. The molecule has 102 valence electrons. The lowest BCUT2D eigenvalue weighted by Gasteiger charge is -2.35. The van der Waals surface area contributed by atoms with Gasteiger partial charge in [-0.3, -0.25) is 14.7 Å². The number of hydrogen-bond donors (Lipinski definition) is 0. The van der Waals surface area contributed by atoms with E-state index in [0.29, 0.717) is 6.42 Å². The van der Waals surface area contributed by atoms with Crippen LogP contribution in [0.1, 0.15) is 32.8 Å². The van der Waals surface area contributed by atoms with Gasteiger partial charge in [-0.2, -0.15) is 0 Å². The third-order valence-corrected chi connectivity index (χ3v) is 3.23. The number of rotatable bonds is 2. The molecule has 2 rings (SSSR count). The summed E-state index contributed by atoms with van der Waals surface area (Å²) in [6.07, 6.45) is 1.41. The molecule has 0 radical (unpaired) electrons. The second-order valence-electron chi connectivity index (χ2n) is 6.02. The quantitative estimate of drug-likeness (QED) is 0.802. The van der Waals surface area contributed by atoms with Crippen LogP contribution in [0, 0.1) is 5.41 Å². The van der Waals surface area contributed by atoms with E-state index >= 15 is 0 Å². The van der Waals surface area contributed by atoms with Crippen LogP contribution in [-0.2, 0) is 11.2 Å². The molecule has 1 aromatic carbocycles. The van der Waals surface area contributed by atoms with Gasteiger partial charge in [0.15, 0.2) is 0 Å². The molecule has 1 amide bonds. The van der Waals surface area contributed by atoms with Crippen LogP contribution in [0.25, 0.3) is 0 Å². The zero-order chi connectivity index (χ0) is 13.9. The first kappa shape index (κ1) is 13.8. The van der Waals surface area contributed by atoms with E-state index < -0.39 is 0 Å². The first-order chi connectivity index (χ1) is 8.98. The molecular weight excluding hydrogens is 236 g/mol. The third-order valence-electron chi connectivity index (χ3n) is 3.23. The summed E-state index contributed by atoms with van der Waals surface area (Å²) in [7, 11) is 0. The molecule has 1 aliphatic heterocycles. The highest BCUT2D eigenvalue weighted by atomic mass is 16.2. The van der Waals surface area contributed by atoms with Crippen LogP contribution in [0.15, 0.2) is 35.3 Å². The fraction of sp³-hybridized carbons (Fsp3) is 0.500. The van der Waals surface area contributed by atoms with Crippen molar-refractivity contribution in [3.63, 3.8) is 0 Å². The zero-order valence-electron chi connectivity index (χ0n) is 12.0. The van der Waals surface area contributed by atoms with E-state index in [1.165, 1.54) is 0 Å². The predicted octanol–water partition coefficient (Wildman–Crippen LogP) is 2.91. The zero-order valence-corrected chi connectivity index (χ0v) is 12.0. The van der Waals surface area contributed by atoms with Crippen molar-refractivity contribution in [2.75, 3.05) is 13.1 Å². The van der Waals surface area contributed by atoms with E-state index in [4.69, 9.17) is 0 Å². The third kappa shape index (κ3) is 3.43. The van der Waals surface area contributed by atoms with E-state index in [9.17, 15) is 4.79 Å². The van der Waals surface area contributed by atoms with Crippen LogP contribution < -0.4 is 0 Å². The molecule has 0 spiro atoms. The summed E-state index contributed by atoms with van der Waals surface area (Å²) in [5, 5.41) is 0. The number of carbonyl (C=O) groups excluding carboxylic acids is 1. The van der Waals surface area contributed by atoms with Gasteiger partial charge in [-0.15, -0.1) is 0 Å². The largest absolute Gasteiger partial charge is 0.300 e. The Hall–Kier alpha value is -1.64. The summed E-state index contributed by atoms with van der Waals surface area (Å²) < 4.78 is 0. The molecule has 0 N–H and O–H groups in total.